The number of hydrogen-bond acceptors (Lipinski definition) is 6. The van der Waals surface area contributed by atoms with Gasteiger partial charge in [-0.1, -0.05) is 12.1 Å². The van der Waals surface area contributed by atoms with Crippen LogP contribution >= 0.6 is 0 Å². The number of aromatic nitrogens is 1. The maximum absolute atomic E-state index is 13.0. The van der Waals surface area contributed by atoms with E-state index in [1.54, 1.807) is 29.4 Å². The highest BCUT2D eigenvalue weighted by Crippen LogP contribution is 2.35. The molecule has 0 bridgehead atoms. The molecule has 0 radical (unpaired) electrons. The Balaban J connectivity index is 1.65. The van der Waals surface area contributed by atoms with E-state index in [1.807, 2.05) is 31.9 Å². The monoisotopic (exact) mass is 410 g/mol. The normalized spacial score (nSPS) is 16.9. The molecule has 1 aromatic carbocycles. The quantitative estimate of drug-likeness (QED) is 0.686. The Morgan fingerprint density at radius 3 is 2.73 bits per heavy atom. The van der Waals surface area contributed by atoms with E-state index < -0.39 is 0 Å². The number of rotatable bonds is 7. The minimum absolute atomic E-state index is 0.0701. The van der Waals surface area contributed by atoms with Crippen molar-refractivity contribution in [1.29, 1.82) is 0 Å². The van der Waals surface area contributed by atoms with Crippen LogP contribution < -0.4 is 20.9 Å². The van der Waals surface area contributed by atoms with E-state index in [4.69, 9.17) is 5.73 Å². The van der Waals surface area contributed by atoms with Gasteiger partial charge >= 0.3 is 0 Å². The number of hydrogen-bond donors (Lipinski definition) is 2. The fourth-order valence-corrected chi connectivity index (χ4v) is 3.27. The van der Waals surface area contributed by atoms with Gasteiger partial charge in [0, 0.05) is 44.2 Å². The number of benzene rings is 1. The Labute approximate surface area is 176 Å². The molecule has 2 heterocycles. The van der Waals surface area contributed by atoms with Gasteiger partial charge in [0.15, 0.2) is 0 Å². The van der Waals surface area contributed by atoms with Gasteiger partial charge in [-0.2, -0.15) is 0 Å². The number of pyridine rings is 1. The predicted octanol–water partition coefficient (Wildman–Crippen LogP) is 2.94. The SMILES string of the molecule is CCN1C(=O)[C@H](C)N(C)c2cc(NC/C(C=NCc3ccc(F)cc3)=C/N)ncc21. The molecule has 0 spiro atoms. The minimum atomic E-state index is -0.265. The van der Waals surface area contributed by atoms with Crippen molar-refractivity contribution in [2.24, 2.45) is 10.7 Å². The Hall–Kier alpha value is -3.42. The smallest absolute Gasteiger partial charge is 0.249 e. The molecule has 3 N–H and O–H groups in total. The molecule has 0 aliphatic carbocycles. The summed E-state index contributed by atoms with van der Waals surface area (Å²) < 4.78 is 13.0. The highest BCUT2D eigenvalue weighted by Gasteiger charge is 2.33. The van der Waals surface area contributed by atoms with Crippen molar-refractivity contribution in [2.45, 2.75) is 26.4 Å². The first-order valence-electron chi connectivity index (χ1n) is 9.87. The van der Waals surface area contributed by atoms with E-state index in [0.717, 1.165) is 22.5 Å². The summed E-state index contributed by atoms with van der Waals surface area (Å²) in [7, 11) is 1.91. The topological polar surface area (TPSA) is 86.9 Å². The molecule has 0 fully saturated rings. The summed E-state index contributed by atoms with van der Waals surface area (Å²) in [4.78, 5) is 25.0. The molecule has 0 unspecified atom stereocenters. The van der Waals surface area contributed by atoms with Crippen LogP contribution in [0.15, 0.2) is 53.3 Å². The van der Waals surface area contributed by atoms with E-state index in [1.165, 1.54) is 18.3 Å². The summed E-state index contributed by atoms with van der Waals surface area (Å²) >= 11 is 0. The Morgan fingerprint density at radius 2 is 2.07 bits per heavy atom. The van der Waals surface area contributed by atoms with Crippen LogP contribution in [0.1, 0.15) is 19.4 Å². The van der Waals surface area contributed by atoms with Crippen molar-refractivity contribution in [2.75, 3.05) is 35.3 Å². The predicted molar refractivity (Wildman–Crippen MR) is 119 cm³/mol. The number of likely N-dealkylation sites (N-methyl/N-ethyl adjacent to an activating group) is 2. The third-order valence-corrected chi connectivity index (χ3v) is 5.19. The standard InChI is InChI=1S/C22H27FN6O/c1-4-29-20-14-27-21(9-19(20)28(3)15(2)22(29)30)26-13-17(10-24)12-25-11-16-5-7-18(23)8-6-16/h5-10,12,14-15H,4,11,13,24H2,1-3H3,(H,26,27)/b17-10+,25-12?/t15-/m0/s1. The van der Waals surface area contributed by atoms with Crippen molar-refractivity contribution in [3.63, 3.8) is 0 Å². The number of aliphatic imine (C=N–C) groups is 1. The zero-order chi connectivity index (χ0) is 21.7. The molecule has 0 saturated heterocycles. The molecule has 3 rings (SSSR count). The highest BCUT2D eigenvalue weighted by atomic mass is 19.1. The second-order valence-corrected chi connectivity index (χ2v) is 7.12. The summed E-state index contributed by atoms with van der Waals surface area (Å²) in [5, 5.41) is 3.25. The van der Waals surface area contributed by atoms with Gasteiger partial charge in [-0.3, -0.25) is 9.79 Å². The summed E-state index contributed by atoms with van der Waals surface area (Å²) in [5.74, 6) is 0.490. The van der Waals surface area contributed by atoms with Gasteiger partial charge in [-0.25, -0.2) is 9.37 Å². The van der Waals surface area contributed by atoms with Gasteiger partial charge in [0.1, 0.15) is 17.7 Å². The second kappa shape index (κ2) is 9.39. The van der Waals surface area contributed by atoms with Gasteiger partial charge in [0.05, 0.1) is 24.1 Å². The number of carbonyl (C=O) groups excluding carboxylic acids is 1. The summed E-state index contributed by atoms with van der Waals surface area (Å²) in [6, 6.07) is 7.94. The largest absolute Gasteiger partial charge is 0.404 e. The zero-order valence-corrected chi connectivity index (χ0v) is 17.5. The second-order valence-electron chi connectivity index (χ2n) is 7.12. The molecule has 1 aliphatic heterocycles. The van der Waals surface area contributed by atoms with Gasteiger partial charge in [0.25, 0.3) is 0 Å². The fourth-order valence-electron chi connectivity index (χ4n) is 3.27. The van der Waals surface area contributed by atoms with Gasteiger partial charge < -0.3 is 20.9 Å². The number of nitrogens with zero attached hydrogens (tertiary/aromatic N) is 4. The van der Waals surface area contributed by atoms with E-state index in [-0.39, 0.29) is 17.8 Å². The number of nitrogens with one attached hydrogen (secondary N) is 1. The van der Waals surface area contributed by atoms with Crippen LogP contribution in [0.4, 0.5) is 21.6 Å². The van der Waals surface area contributed by atoms with Crippen molar-refractivity contribution in [3.05, 3.63) is 59.7 Å². The number of fused-ring (bicyclic) bond motifs is 1. The average Bonchev–Trinajstić information content (AvgIpc) is 2.76. The number of carbonyl (C=O) groups is 1. The lowest BCUT2D eigenvalue weighted by Crippen LogP contribution is -2.50. The first-order valence-corrected chi connectivity index (χ1v) is 9.87. The molecule has 158 valence electrons. The van der Waals surface area contributed by atoms with E-state index in [9.17, 15) is 9.18 Å². The highest BCUT2D eigenvalue weighted by molar-refractivity contribution is 6.05. The van der Waals surface area contributed by atoms with Crippen LogP contribution in [-0.4, -0.2) is 43.3 Å². The molecule has 1 aliphatic rings. The lowest BCUT2D eigenvalue weighted by atomic mass is 10.1. The van der Waals surface area contributed by atoms with Crippen LogP contribution in [0, 0.1) is 5.82 Å². The molecular formula is C22H27FN6O. The molecule has 7 nitrogen and oxygen atoms in total. The summed E-state index contributed by atoms with van der Waals surface area (Å²) in [6.45, 7) is 5.34. The first-order chi connectivity index (χ1) is 14.4. The van der Waals surface area contributed by atoms with Crippen LogP contribution in [0.5, 0.6) is 0 Å². The van der Waals surface area contributed by atoms with Crippen LogP contribution in [-0.2, 0) is 11.3 Å². The maximum atomic E-state index is 13.0. The third-order valence-electron chi connectivity index (χ3n) is 5.19. The fraction of sp³-hybridized carbons (Fsp3) is 0.318. The number of halogens is 1. The van der Waals surface area contributed by atoms with Crippen molar-refractivity contribution >= 4 is 29.3 Å². The molecule has 0 saturated carbocycles. The van der Waals surface area contributed by atoms with Crippen LogP contribution in [0.3, 0.4) is 0 Å². The van der Waals surface area contributed by atoms with Gasteiger partial charge in [-0.05, 0) is 31.5 Å². The summed E-state index contributed by atoms with van der Waals surface area (Å²) in [6.07, 6.45) is 4.90. The van der Waals surface area contributed by atoms with Crippen molar-refractivity contribution in [1.82, 2.24) is 4.98 Å². The average molecular weight is 410 g/mol. The Bertz CT molecular complexity index is 957. The van der Waals surface area contributed by atoms with E-state index in [0.29, 0.717) is 25.5 Å². The molecule has 1 amide bonds. The third kappa shape index (κ3) is 4.59. The number of nitrogens with two attached hydrogens (primary N) is 1. The molecular weight excluding hydrogens is 383 g/mol. The molecule has 2 aromatic rings. The first kappa shape index (κ1) is 21.3. The molecule has 1 atom stereocenters. The zero-order valence-electron chi connectivity index (χ0n) is 17.5. The van der Waals surface area contributed by atoms with E-state index >= 15 is 0 Å². The molecule has 8 heteroatoms. The van der Waals surface area contributed by atoms with Gasteiger partial charge in [0.2, 0.25) is 5.91 Å². The lowest BCUT2D eigenvalue weighted by molar-refractivity contribution is -0.119. The Morgan fingerprint density at radius 1 is 1.33 bits per heavy atom. The van der Waals surface area contributed by atoms with Crippen LogP contribution in [0.25, 0.3) is 0 Å². The number of anilines is 3. The lowest BCUT2D eigenvalue weighted by Gasteiger charge is -2.39. The number of amides is 1. The summed E-state index contributed by atoms with van der Waals surface area (Å²) in [5.41, 5.74) is 9.19. The van der Waals surface area contributed by atoms with Gasteiger partial charge in [-0.15, -0.1) is 0 Å². The van der Waals surface area contributed by atoms with E-state index in [2.05, 4.69) is 15.3 Å². The molecule has 1 aromatic heterocycles. The van der Waals surface area contributed by atoms with Crippen molar-refractivity contribution in [3.8, 4) is 0 Å². The Kier molecular flexibility index (Phi) is 6.66. The molecule has 30 heavy (non-hydrogen) atoms. The van der Waals surface area contributed by atoms with Crippen molar-refractivity contribution < 1.29 is 9.18 Å². The maximum Gasteiger partial charge on any atom is 0.249 e. The van der Waals surface area contributed by atoms with Crippen LogP contribution in [0.2, 0.25) is 0 Å². The minimum Gasteiger partial charge on any atom is -0.404 e.